The summed E-state index contributed by atoms with van der Waals surface area (Å²) in [6.07, 6.45) is 1.17. The van der Waals surface area contributed by atoms with Crippen LogP contribution in [0.25, 0.3) is 0 Å². The Hall–Kier alpha value is -2.29. The Kier molecular flexibility index (Phi) is 5.32. The molecule has 1 aromatic carbocycles. The molecule has 0 fully saturated rings. The highest BCUT2D eigenvalue weighted by atomic mass is 35.5. The Balaban J connectivity index is 2.21. The van der Waals surface area contributed by atoms with Crippen LogP contribution in [-0.2, 0) is 9.53 Å². The van der Waals surface area contributed by atoms with Crippen molar-refractivity contribution in [1.29, 1.82) is 5.26 Å². The Morgan fingerprint density at radius 3 is 2.59 bits per heavy atom. The molecule has 0 aromatic heterocycles. The van der Waals surface area contributed by atoms with Crippen molar-refractivity contribution >= 4 is 17.4 Å². The van der Waals surface area contributed by atoms with Crippen molar-refractivity contribution in [3.05, 3.63) is 57.5 Å². The maximum atomic E-state index is 13.2. The molecule has 0 spiro atoms. The number of carbonyl (C=O) groups excluding carboxylic acids is 1. The molecule has 0 radical (unpaired) electrons. The molecule has 1 aliphatic carbocycles. The second-order valence-corrected chi connectivity index (χ2v) is 8.28. The first-order chi connectivity index (χ1) is 12.8. The number of ketones is 1. The monoisotopic (exact) mass is 385 g/mol. The molecule has 6 heteroatoms. The standard InChI is InChI=1S/C21H24ClN3O2/c1-21(2)10-16-19(17(26)11-21)18(13-4-6-14(22)7-5-13)15(12-23)20(24)25(16)8-9-27-3/h4-7,18H,8-11,24H2,1-3H3/t18-/m1/s1. The van der Waals surface area contributed by atoms with Gasteiger partial charge >= 0.3 is 0 Å². The van der Waals surface area contributed by atoms with Crippen LogP contribution in [0.2, 0.25) is 5.02 Å². The third-order valence-electron chi connectivity index (χ3n) is 5.21. The van der Waals surface area contributed by atoms with E-state index in [1.54, 1.807) is 19.2 Å². The number of allylic oxidation sites excluding steroid dienone is 3. The van der Waals surface area contributed by atoms with Gasteiger partial charge in [-0.3, -0.25) is 4.79 Å². The number of benzene rings is 1. The minimum Gasteiger partial charge on any atom is -0.384 e. The van der Waals surface area contributed by atoms with E-state index in [4.69, 9.17) is 22.1 Å². The van der Waals surface area contributed by atoms with E-state index < -0.39 is 5.92 Å². The van der Waals surface area contributed by atoms with Gasteiger partial charge in [0, 0.05) is 36.4 Å². The molecule has 1 atom stereocenters. The molecule has 0 amide bonds. The highest BCUT2D eigenvalue weighted by Crippen LogP contribution is 2.48. The predicted octanol–water partition coefficient (Wildman–Crippen LogP) is 3.72. The molecule has 5 nitrogen and oxygen atoms in total. The number of hydrogen-bond donors (Lipinski definition) is 1. The zero-order chi connectivity index (χ0) is 19.8. The number of methoxy groups -OCH3 is 1. The average Bonchev–Trinajstić information content (AvgIpc) is 2.60. The van der Waals surface area contributed by atoms with E-state index in [-0.39, 0.29) is 11.2 Å². The summed E-state index contributed by atoms with van der Waals surface area (Å²) in [4.78, 5) is 15.1. The summed E-state index contributed by atoms with van der Waals surface area (Å²) in [6, 6.07) is 9.52. The third kappa shape index (κ3) is 3.60. The van der Waals surface area contributed by atoms with Crippen LogP contribution in [0, 0.1) is 16.7 Å². The van der Waals surface area contributed by atoms with Gasteiger partial charge in [0.1, 0.15) is 5.82 Å². The topological polar surface area (TPSA) is 79.3 Å². The first kappa shape index (κ1) is 19.5. The van der Waals surface area contributed by atoms with Crippen LogP contribution in [0.1, 0.15) is 38.2 Å². The van der Waals surface area contributed by atoms with Gasteiger partial charge in [-0.05, 0) is 29.5 Å². The van der Waals surface area contributed by atoms with Gasteiger partial charge < -0.3 is 15.4 Å². The Morgan fingerprint density at radius 2 is 2.00 bits per heavy atom. The molecule has 2 aliphatic rings. The molecule has 1 heterocycles. The van der Waals surface area contributed by atoms with Crippen molar-refractivity contribution in [2.75, 3.05) is 20.3 Å². The van der Waals surface area contributed by atoms with Gasteiger partial charge in [-0.25, -0.2) is 0 Å². The van der Waals surface area contributed by atoms with Crippen molar-refractivity contribution < 1.29 is 9.53 Å². The lowest BCUT2D eigenvalue weighted by Crippen LogP contribution is -2.43. The molecule has 0 saturated heterocycles. The maximum Gasteiger partial charge on any atom is 0.162 e. The lowest BCUT2D eigenvalue weighted by Gasteiger charge is -2.43. The zero-order valence-electron chi connectivity index (χ0n) is 15.9. The quantitative estimate of drug-likeness (QED) is 0.854. The average molecular weight is 386 g/mol. The van der Waals surface area contributed by atoms with E-state index in [1.165, 1.54) is 0 Å². The smallest absolute Gasteiger partial charge is 0.162 e. The number of halogens is 1. The minimum absolute atomic E-state index is 0.0730. The fourth-order valence-electron chi connectivity index (χ4n) is 4.00. The van der Waals surface area contributed by atoms with Crippen molar-refractivity contribution in [3.8, 4) is 6.07 Å². The highest BCUT2D eigenvalue weighted by molar-refractivity contribution is 6.30. The number of ether oxygens (including phenoxy) is 1. The number of hydrogen-bond acceptors (Lipinski definition) is 5. The zero-order valence-corrected chi connectivity index (χ0v) is 16.6. The molecule has 1 aromatic rings. The van der Waals surface area contributed by atoms with E-state index in [9.17, 15) is 10.1 Å². The summed E-state index contributed by atoms with van der Waals surface area (Å²) in [5.74, 6) is 0.0206. The second-order valence-electron chi connectivity index (χ2n) is 7.84. The Morgan fingerprint density at radius 1 is 1.33 bits per heavy atom. The summed E-state index contributed by atoms with van der Waals surface area (Å²) in [5.41, 5.74) is 9.11. The van der Waals surface area contributed by atoms with Gasteiger partial charge in [0.2, 0.25) is 0 Å². The van der Waals surface area contributed by atoms with Gasteiger partial charge in [0.25, 0.3) is 0 Å². The first-order valence-corrected chi connectivity index (χ1v) is 9.35. The van der Waals surface area contributed by atoms with Gasteiger partial charge in [-0.2, -0.15) is 5.26 Å². The second kappa shape index (κ2) is 7.38. The lowest BCUT2D eigenvalue weighted by molar-refractivity contribution is -0.118. The van der Waals surface area contributed by atoms with Crippen LogP contribution in [0.5, 0.6) is 0 Å². The third-order valence-corrected chi connectivity index (χ3v) is 5.46. The minimum atomic E-state index is -0.454. The number of Topliss-reactive ketones (excluding diaryl/α,β-unsaturated/α-hetero) is 1. The number of nitrogens with two attached hydrogens (primary N) is 1. The van der Waals surface area contributed by atoms with Crippen LogP contribution >= 0.6 is 11.6 Å². The summed E-state index contributed by atoms with van der Waals surface area (Å²) < 4.78 is 5.22. The molecule has 0 unspecified atom stereocenters. The largest absolute Gasteiger partial charge is 0.384 e. The SMILES string of the molecule is COCCN1C(N)=C(C#N)[C@@H](c2ccc(Cl)cc2)C2=C1CC(C)(C)CC2=O. The van der Waals surface area contributed by atoms with E-state index in [1.807, 2.05) is 17.0 Å². The van der Waals surface area contributed by atoms with Crippen molar-refractivity contribution in [3.63, 3.8) is 0 Å². The van der Waals surface area contributed by atoms with Crippen LogP contribution in [0.3, 0.4) is 0 Å². The highest BCUT2D eigenvalue weighted by Gasteiger charge is 2.44. The van der Waals surface area contributed by atoms with E-state index in [2.05, 4.69) is 19.9 Å². The van der Waals surface area contributed by atoms with E-state index in [0.717, 1.165) is 17.7 Å². The molecule has 1 aliphatic heterocycles. The lowest BCUT2D eigenvalue weighted by atomic mass is 9.68. The van der Waals surface area contributed by atoms with Crippen LogP contribution in [0.15, 0.2) is 46.9 Å². The summed E-state index contributed by atoms with van der Waals surface area (Å²) >= 11 is 6.03. The summed E-state index contributed by atoms with van der Waals surface area (Å²) in [5, 5.41) is 10.5. The van der Waals surface area contributed by atoms with Gasteiger partial charge in [0.05, 0.1) is 24.2 Å². The van der Waals surface area contributed by atoms with Gasteiger partial charge in [-0.1, -0.05) is 37.6 Å². The normalized spacial score (nSPS) is 22.0. The number of carbonyl (C=O) groups is 1. The molecule has 3 rings (SSSR count). The van der Waals surface area contributed by atoms with Gasteiger partial charge in [-0.15, -0.1) is 0 Å². The Labute approximate surface area is 165 Å². The van der Waals surface area contributed by atoms with Crippen molar-refractivity contribution in [2.24, 2.45) is 11.1 Å². The summed E-state index contributed by atoms with van der Waals surface area (Å²) in [7, 11) is 1.62. The fourth-order valence-corrected chi connectivity index (χ4v) is 4.13. The Bertz CT molecular complexity index is 862. The molecule has 27 heavy (non-hydrogen) atoms. The van der Waals surface area contributed by atoms with E-state index >= 15 is 0 Å². The van der Waals surface area contributed by atoms with Crippen molar-refractivity contribution in [2.45, 2.75) is 32.6 Å². The number of nitrogens with zero attached hydrogens (tertiary/aromatic N) is 2. The number of rotatable bonds is 4. The van der Waals surface area contributed by atoms with Crippen LogP contribution in [-0.4, -0.2) is 30.9 Å². The molecule has 2 N–H and O–H groups in total. The van der Waals surface area contributed by atoms with E-state index in [0.29, 0.717) is 41.6 Å². The molecule has 0 bridgehead atoms. The molecular formula is C21H24ClN3O2. The fraction of sp³-hybridized carbons (Fsp3) is 0.429. The summed E-state index contributed by atoms with van der Waals surface area (Å²) in [6.45, 7) is 5.12. The van der Waals surface area contributed by atoms with Crippen LogP contribution < -0.4 is 5.73 Å². The van der Waals surface area contributed by atoms with Crippen molar-refractivity contribution in [1.82, 2.24) is 4.90 Å². The maximum absolute atomic E-state index is 13.2. The first-order valence-electron chi connectivity index (χ1n) is 8.97. The van der Waals surface area contributed by atoms with Gasteiger partial charge in [0.15, 0.2) is 5.78 Å². The predicted molar refractivity (Wildman–Crippen MR) is 105 cm³/mol. The van der Waals surface area contributed by atoms with Crippen LogP contribution in [0.4, 0.5) is 0 Å². The molecular weight excluding hydrogens is 362 g/mol. The molecule has 142 valence electrons. The number of nitriles is 1. The molecule has 0 saturated carbocycles.